The largest absolute Gasteiger partial charge is 0.396 e. The van der Waals surface area contributed by atoms with Gasteiger partial charge in [0.2, 0.25) is 0 Å². The molecule has 0 spiro atoms. The second kappa shape index (κ2) is 5.55. The van der Waals surface area contributed by atoms with Gasteiger partial charge in [-0.3, -0.25) is 0 Å². The molecule has 1 aliphatic carbocycles. The van der Waals surface area contributed by atoms with E-state index in [1.54, 1.807) is 0 Å². The van der Waals surface area contributed by atoms with Gasteiger partial charge in [0, 0.05) is 12.6 Å². The Bertz CT molecular complexity index is 116. The second-order valence-electron chi connectivity index (χ2n) is 4.00. The quantitative estimate of drug-likeness (QED) is 0.629. The van der Waals surface area contributed by atoms with Gasteiger partial charge in [-0.05, 0) is 31.7 Å². The molecule has 1 aliphatic rings. The van der Waals surface area contributed by atoms with E-state index in [-0.39, 0.29) is 0 Å². The normalized spacial score (nSPS) is 30.5. The van der Waals surface area contributed by atoms with Crippen LogP contribution in [0.15, 0.2) is 0 Å². The average Bonchev–Trinajstić information content (AvgIpc) is 2.05. The van der Waals surface area contributed by atoms with Crippen LogP contribution in [0, 0.1) is 5.92 Å². The van der Waals surface area contributed by atoms with Gasteiger partial charge in [0.1, 0.15) is 0 Å². The van der Waals surface area contributed by atoms with Crippen molar-refractivity contribution in [1.82, 2.24) is 5.32 Å². The molecule has 2 unspecified atom stereocenters. The lowest BCUT2D eigenvalue weighted by Gasteiger charge is -2.27. The minimum Gasteiger partial charge on any atom is -0.396 e. The van der Waals surface area contributed by atoms with Crippen LogP contribution in [0.25, 0.3) is 0 Å². The zero-order valence-electron chi connectivity index (χ0n) is 8.05. The molecule has 2 nitrogen and oxygen atoms in total. The van der Waals surface area contributed by atoms with Crippen molar-refractivity contribution in [2.45, 2.75) is 45.1 Å². The minimum atomic E-state index is 0.315. The number of rotatable bonds is 4. The molecule has 2 heteroatoms. The van der Waals surface area contributed by atoms with Gasteiger partial charge in [-0.1, -0.05) is 19.8 Å². The number of hydrogen-bond acceptors (Lipinski definition) is 2. The standard InChI is InChI=1S/C10H21NO/c1-9-4-2-5-10(8-9)11-6-3-7-12/h9-12H,2-8H2,1H3. The van der Waals surface area contributed by atoms with Crippen LogP contribution in [0.2, 0.25) is 0 Å². The summed E-state index contributed by atoms with van der Waals surface area (Å²) >= 11 is 0. The molecular weight excluding hydrogens is 150 g/mol. The monoisotopic (exact) mass is 171 g/mol. The number of nitrogens with one attached hydrogen (secondary N) is 1. The maximum Gasteiger partial charge on any atom is 0.0443 e. The van der Waals surface area contributed by atoms with Gasteiger partial charge < -0.3 is 10.4 Å². The summed E-state index contributed by atoms with van der Waals surface area (Å²) < 4.78 is 0. The highest BCUT2D eigenvalue weighted by Crippen LogP contribution is 2.23. The summed E-state index contributed by atoms with van der Waals surface area (Å²) in [4.78, 5) is 0. The summed E-state index contributed by atoms with van der Waals surface area (Å²) in [7, 11) is 0. The van der Waals surface area contributed by atoms with E-state index in [1.165, 1.54) is 25.7 Å². The fraction of sp³-hybridized carbons (Fsp3) is 1.00. The number of aliphatic hydroxyl groups excluding tert-OH is 1. The lowest BCUT2D eigenvalue weighted by Crippen LogP contribution is -2.34. The summed E-state index contributed by atoms with van der Waals surface area (Å²) in [6, 6.07) is 0.722. The smallest absolute Gasteiger partial charge is 0.0443 e. The average molecular weight is 171 g/mol. The van der Waals surface area contributed by atoms with E-state index in [2.05, 4.69) is 12.2 Å². The third kappa shape index (κ3) is 3.55. The minimum absolute atomic E-state index is 0.315. The van der Waals surface area contributed by atoms with Crippen LogP contribution >= 0.6 is 0 Å². The van der Waals surface area contributed by atoms with Gasteiger partial charge in [0.05, 0.1) is 0 Å². The van der Waals surface area contributed by atoms with Crippen LogP contribution in [0.4, 0.5) is 0 Å². The van der Waals surface area contributed by atoms with E-state index in [1.807, 2.05) is 0 Å². The molecule has 72 valence electrons. The molecular formula is C10H21NO. The first-order valence-electron chi connectivity index (χ1n) is 5.17. The Morgan fingerprint density at radius 2 is 2.25 bits per heavy atom. The highest BCUT2D eigenvalue weighted by molar-refractivity contribution is 4.75. The van der Waals surface area contributed by atoms with Gasteiger partial charge >= 0.3 is 0 Å². The molecule has 0 aromatic rings. The molecule has 12 heavy (non-hydrogen) atoms. The van der Waals surface area contributed by atoms with Gasteiger partial charge in [-0.2, -0.15) is 0 Å². The van der Waals surface area contributed by atoms with Crippen LogP contribution in [0.5, 0.6) is 0 Å². The maximum absolute atomic E-state index is 8.61. The van der Waals surface area contributed by atoms with E-state index in [4.69, 9.17) is 5.11 Å². The Hall–Kier alpha value is -0.0800. The van der Waals surface area contributed by atoms with Gasteiger partial charge in [0.15, 0.2) is 0 Å². The molecule has 2 atom stereocenters. The molecule has 1 fully saturated rings. The molecule has 0 bridgehead atoms. The first-order valence-corrected chi connectivity index (χ1v) is 5.17. The highest BCUT2D eigenvalue weighted by atomic mass is 16.3. The molecule has 0 heterocycles. The van der Waals surface area contributed by atoms with E-state index in [0.717, 1.165) is 24.9 Å². The third-order valence-corrected chi connectivity index (χ3v) is 2.70. The van der Waals surface area contributed by atoms with Crippen molar-refractivity contribution in [3.8, 4) is 0 Å². The van der Waals surface area contributed by atoms with E-state index < -0.39 is 0 Å². The number of aliphatic hydroxyl groups is 1. The Kier molecular flexibility index (Phi) is 4.62. The molecule has 0 aromatic heterocycles. The molecule has 1 rings (SSSR count). The van der Waals surface area contributed by atoms with E-state index >= 15 is 0 Å². The van der Waals surface area contributed by atoms with Gasteiger partial charge in [0.25, 0.3) is 0 Å². The highest BCUT2D eigenvalue weighted by Gasteiger charge is 2.17. The molecule has 0 aromatic carbocycles. The topological polar surface area (TPSA) is 32.3 Å². The molecule has 0 amide bonds. The first-order chi connectivity index (χ1) is 5.83. The van der Waals surface area contributed by atoms with Gasteiger partial charge in [-0.25, -0.2) is 0 Å². The molecule has 1 saturated carbocycles. The van der Waals surface area contributed by atoms with Crippen molar-refractivity contribution in [1.29, 1.82) is 0 Å². The molecule has 2 N–H and O–H groups in total. The lowest BCUT2D eigenvalue weighted by atomic mass is 9.87. The van der Waals surface area contributed by atoms with Crippen molar-refractivity contribution in [2.75, 3.05) is 13.2 Å². The van der Waals surface area contributed by atoms with Crippen LogP contribution in [-0.2, 0) is 0 Å². The van der Waals surface area contributed by atoms with E-state index in [0.29, 0.717) is 6.61 Å². The predicted octanol–water partition coefficient (Wildman–Crippen LogP) is 1.54. The maximum atomic E-state index is 8.61. The van der Waals surface area contributed by atoms with Crippen molar-refractivity contribution >= 4 is 0 Å². The zero-order valence-corrected chi connectivity index (χ0v) is 8.05. The SMILES string of the molecule is CC1CCCC(NCCCO)C1. The first kappa shape index (κ1) is 10.0. The van der Waals surface area contributed by atoms with Gasteiger partial charge in [-0.15, -0.1) is 0 Å². The predicted molar refractivity (Wildman–Crippen MR) is 51.1 cm³/mol. The summed E-state index contributed by atoms with van der Waals surface area (Å²) in [5, 5.41) is 12.1. The van der Waals surface area contributed by atoms with Crippen molar-refractivity contribution in [2.24, 2.45) is 5.92 Å². The van der Waals surface area contributed by atoms with Crippen molar-refractivity contribution in [3.05, 3.63) is 0 Å². The van der Waals surface area contributed by atoms with Crippen LogP contribution in [0.3, 0.4) is 0 Å². The fourth-order valence-electron chi connectivity index (χ4n) is 2.00. The molecule has 0 saturated heterocycles. The van der Waals surface area contributed by atoms with Crippen LogP contribution in [-0.4, -0.2) is 24.3 Å². The summed E-state index contributed by atoms with van der Waals surface area (Å²) in [5.41, 5.74) is 0. The molecule has 0 aliphatic heterocycles. The lowest BCUT2D eigenvalue weighted by molar-refractivity contribution is 0.266. The zero-order chi connectivity index (χ0) is 8.81. The fourth-order valence-corrected chi connectivity index (χ4v) is 2.00. The van der Waals surface area contributed by atoms with Crippen LogP contribution < -0.4 is 5.32 Å². The molecule has 0 radical (unpaired) electrons. The second-order valence-corrected chi connectivity index (χ2v) is 4.00. The Labute approximate surface area is 75.4 Å². The Morgan fingerprint density at radius 1 is 1.42 bits per heavy atom. The summed E-state index contributed by atoms with van der Waals surface area (Å²) in [6.07, 6.45) is 6.32. The summed E-state index contributed by atoms with van der Waals surface area (Å²) in [6.45, 7) is 3.63. The number of hydrogen-bond donors (Lipinski definition) is 2. The Balaban J connectivity index is 2.06. The van der Waals surface area contributed by atoms with Crippen molar-refractivity contribution in [3.63, 3.8) is 0 Å². The van der Waals surface area contributed by atoms with E-state index in [9.17, 15) is 0 Å². The van der Waals surface area contributed by atoms with Crippen molar-refractivity contribution < 1.29 is 5.11 Å². The Morgan fingerprint density at radius 3 is 2.92 bits per heavy atom. The summed E-state index contributed by atoms with van der Waals surface area (Å²) in [5.74, 6) is 0.894. The third-order valence-electron chi connectivity index (χ3n) is 2.70. The van der Waals surface area contributed by atoms with Crippen LogP contribution in [0.1, 0.15) is 39.0 Å².